The Labute approximate surface area is 64.3 Å². The predicted molar refractivity (Wildman–Crippen MR) is 45.6 cm³/mol. The van der Waals surface area contributed by atoms with E-state index >= 15 is 0 Å². The minimum atomic E-state index is 0.418. The van der Waals surface area contributed by atoms with Gasteiger partial charge in [0.15, 0.2) is 0 Å². The third kappa shape index (κ3) is 1.00. The summed E-state index contributed by atoms with van der Waals surface area (Å²) in [5, 5.41) is 0. The van der Waals surface area contributed by atoms with E-state index in [2.05, 4.69) is 33.8 Å². The molecule has 57 valence electrons. The van der Waals surface area contributed by atoms with Crippen LogP contribution in [0.1, 0.15) is 33.6 Å². The first-order valence-corrected chi connectivity index (χ1v) is 4.05. The molecule has 0 fully saturated rings. The van der Waals surface area contributed by atoms with E-state index in [1.54, 1.807) is 5.57 Å². The van der Waals surface area contributed by atoms with Gasteiger partial charge in [0.05, 0.1) is 0 Å². The van der Waals surface area contributed by atoms with Gasteiger partial charge >= 0.3 is 0 Å². The van der Waals surface area contributed by atoms with Gasteiger partial charge in [-0.3, -0.25) is 0 Å². The molecule has 1 unspecified atom stereocenters. The zero-order valence-corrected chi connectivity index (χ0v) is 7.28. The summed E-state index contributed by atoms with van der Waals surface area (Å²) in [6, 6.07) is 0. The predicted octanol–water partition coefficient (Wildman–Crippen LogP) is 3.20. The van der Waals surface area contributed by atoms with Crippen LogP contribution in [0.3, 0.4) is 0 Å². The van der Waals surface area contributed by atoms with Gasteiger partial charge < -0.3 is 0 Å². The van der Waals surface area contributed by atoms with Crippen LogP contribution >= 0.6 is 0 Å². The summed E-state index contributed by atoms with van der Waals surface area (Å²) in [4.78, 5) is 0. The average Bonchev–Trinajstić information content (AvgIpc) is 2.10. The summed E-state index contributed by atoms with van der Waals surface area (Å²) >= 11 is 0. The van der Waals surface area contributed by atoms with Gasteiger partial charge in [-0.25, -0.2) is 0 Å². The normalized spacial score (nSPS) is 30.4. The molecule has 1 rings (SSSR count). The van der Waals surface area contributed by atoms with Crippen LogP contribution in [0, 0.1) is 18.3 Å². The third-order valence-electron chi connectivity index (χ3n) is 3.09. The fourth-order valence-electron chi connectivity index (χ4n) is 1.68. The quantitative estimate of drug-likeness (QED) is 0.487. The molecule has 1 aliphatic rings. The molecule has 0 aromatic carbocycles. The number of rotatable bonds is 1. The standard InChI is InChI=1S/C10H17/c1-5-9-7-6-8(2)10(9,3)4/h6,9H,1,5,7H2,2-4H3. The lowest BCUT2D eigenvalue weighted by atomic mass is 9.76. The molecule has 0 saturated carbocycles. The highest BCUT2D eigenvalue weighted by molar-refractivity contribution is 5.18. The van der Waals surface area contributed by atoms with Crippen LogP contribution in [-0.4, -0.2) is 0 Å². The highest BCUT2D eigenvalue weighted by Crippen LogP contribution is 2.44. The van der Waals surface area contributed by atoms with Gasteiger partial charge in [0.2, 0.25) is 0 Å². The lowest BCUT2D eigenvalue weighted by Crippen LogP contribution is -2.19. The van der Waals surface area contributed by atoms with Crippen LogP contribution < -0.4 is 0 Å². The van der Waals surface area contributed by atoms with Crippen molar-refractivity contribution in [1.82, 2.24) is 0 Å². The molecule has 1 atom stereocenters. The molecule has 1 radical (unpaired) electrons. The summed E-state index contributed by atoms with van der Waals surface area (Å²) in [5.74, 6) is 0.785. The molecule has 0 bridgehead atoms. The van der Waals surface area contributed by atoms with E-state index in [0.717, 1.165) is 12.3 Å². The SMILES string of the molecule is [CH2]CC1CC=C(C)C1(C)C. The lowest BCUT2D eigenvalue weighted by Gasteiger charge is -2.28. The maximum Gasteiger partial charge on any atom is -0.0116 e. The van der Waals surface area contributed by atoms with Crippen molar-refractivity contribution in [3.8, 4) is 0 Å². The van der Waals surface area contributed by atoms with Crippen LogP contribution in [0.25, 0.3) is 0 Å². The number of hydrogen-bond acceptors (Lipinski definition) is 0. The molecular weight excluding hydrogens is 120 g/mol. The zero-order chi connectivity index (χ0) is 7.78. The monoisotopic (exact) mass is 137 g/mol. The second kappa shape index (κ2) is 2.41. The molecule has 0 spiro atoms. The molecule has 0 nitrogen and oxygen atoms in total. The van der Waals surface area contributed by atoms with Gasteiger partial charge in [-0.2, -0.15) is 0 Å². The van der Waals surface area contributed by atoms with Gasteiger partial charge in [-0.15, -0.1) is 0 Å². The van der Waals surface area contributed by atoms with Crippen molar-refractivity contribution < 1.29 is 0 Å². The Kier molecular flexibility index (Phi) is 1.89. The van der Waals surface area contributed by atoms with Crippen LogP contribution in [-0.2, 0) is 0 Å². The van der Waals surface area contributed by atoms with Crippen LogP contribution in [0.15, 0.2) is 11.6 Å². The molecule has 0 aromatic rings. The Morgan fingerprint density at radius 2 is 2.30 bits per heavy atom. The summed E-state index contributed by atoms with van der Waals surface area (Å²) in [5.41, 5.74) is 1.96. The fourth-order valence-corrected chi connectivity index (χ4v) is 1.68. The van der Waals surface area contributed by atoms with Gasteiger partial charge in [-0.1, -0.05) is 32.4 Å². The minimum absolute atomic E-state index is 0.418. The maximum atomic E-state index is 3.96. The van der Waals surface area contributed by atoms with Crippen molar-refractivity contribution in [2.24, 2.45) is 11.3 Å². The van der Waals surface area contributed by atoms with Crippen molar-refractivity contribution >= 4 is 0 Å². The minimum Gasteiger partial charge on any atom is -0.0848 e. The van der Waals surface area contributed by atoms with E-state index in [0.29, 0.717) is 5.41 Å². The van der Waals surface area contributed by atoms with E-state index < -0.39 is 0 Å². The zero-order valence-electron chi connectivity index (χ0n) is 7.28. The van der Waals surface area contributed by atoms with E-state index in [9.17, 15) is 0 Å². The van der Waals surface area contributed by atoms with E-state index in [1.807, 2.05) is 0 Å². The first kappa shape index (κ1) is 7.84. The molecule has 0 heteroatoms. The number of allylic oxidation sites excluding steroid dienone is 2. The van der Waals surface area contributed by atoms with Gasteiger partial charge in [0.25, 0.3) is 0 Å². The summed E-state index contributed by atoms with van der Waals surface area (Å²) < 4.78 is 0. The molecule has 10 heavy (non-hydrogen) atoms. The van der Waals surface area contributed by atoms with Crippen molar-refractivity contribution in [3.05, 3.63) is 18.6 Å². The van der Waals surface area contributed by atoms with E-state index in [-0.39, 0.29) is 0 Å². The van der Waals surface area contributed by atoms with Crippen LogP contribution in [0.2, 0.25) is 0 Å². The van der Waals surface area contributed by atoms with Crippen molar-refractivity contribution in [2.75, 3.05) is 0 Å². The molecular formula is C10H17. The van der Waals surface area contributed by atoms with E-state index in [1.165, 1.54) is 6.42 Å². The highest BCUT2D eigenvalue weighted by atomic mass is 14.4. The smallest absolute Gasteiger partial charge is 0.0116 e. The van der Waals surface area contributed by atoms with Crippen molar-refractivity contribution in [1.29, 1.82) is 0 Å². The second-order valence-corrected chi connectivity index (χ2v) is 3.83. The molecule has 0 N–H and O–H groups in total. The lowest BCUT2D eigenvalue weighted by molar-refractivity contribution is 0.294. The first-order valence-electron chi connectivity index (χ1n) is 4.05. The second-order valence-electron chi connectivity index (χ2n) is 3.83. The Hall–Kier alpha value is -0.260. The van der Waals surface area contributed by atoms with Crippen molar-refractivity contribution in [3.63, 3.8) is 0 Å². The molecule has 1 aliphatic carbocycles. The molecule has 0 saturated heterocycles. The van der Waals surface area contributed by atoms with Gasteiger partial charge in [-0.05, 0) is 31.1 Å². The summed E-state index contributed by atoms with van der Waals surface area (Å²) in [6.45, 7) is 10.8. The fraction of sp³-hybridized carbons (Fsp3) is 0.700. The topological polar surface area (TPSA) is 0 Å². The third-order valence-corrected chi connectivity index (χ3v) is 3.09. The molecule has 0 aliphatic heterocycles. The first-order chi connectivity index (χ1) is 4.59. The molecule has 0 amide bonds. The van der Waals surface area contributed by atoms with Gasteiger partial charge in [0, 0.05) is 0 Å². The Morgan fingerprint density at radius 3 is 2.50 bits per heavy atom. The molecule has 0 heterocycles. The maximum absolute atomic E-state index is 3.96. The Bertz CT molecular complexity index is 151. The Balaban J connectivity index is 2.74. The highest BCUT2D eigenvalue weighted by Gasteiger charge is 2.33. The summed E-state index contributed by atoms with van der Waals surface area (Å²) in [6.07, 6.45) is 4.67. The molecule has 0 aromatic heterocycles. The average molecular weight is 137 g/mol. The van der Waals surface area contributed by atoms with Gasteiger partial charge in [0.1, 0.15) is 0 Å². The summed E-state index contributed by atoms with van der Waals surface area (Å²) in [7, 11) is 0. The van der Waals surface area contributed by atoms with Crippen molar-refractivity contribution in [2.45, 2.75) is 33.6 Å². The number of hydrogen-bond donors (Lipinski definition) is 0. The van der Waals surface area contributed by atoms with Crippen LogP contribution in [0.5, 0.6) is 0 Å². The van der Waals surface area contributed by atoms with Crippen LogP contribution in [0.4, 0.5) is 0 Å². The Morgan fingerprint density at radius 1 is 1.70 bits per heavy atom. The largest absolute Gasteiger partial charge is 0.0848 e. The van der Waals surface area contributed by atoms with E-state index in [4.69, 9.17) is 0 Å².